The standard InChI is InChI=1S/C17H32F2O2S/c1-3-5-11-15(17(20)21-13-6-4-2)22-14-10-8-7-9-12-16(18)19/h15-16H,3-14H2,1-2H3. The van der Waals surface area contributed by atoms with Crippen molar-refractivity contribution in [2.75, 3.05) is 12.4 Å². The van der Waals surface area contributed by atoms with Gasteiger partial charge in [-0.1, -0.05) is 46.0 Å². The molecule has 1 atom stereocenters. The number of unbranched alkanes of at least 4 members (excludes halogenated alkanes) is 5. The Bertz CT molecular complexity index is 263. The van der Waals surface area contributed by atoms with E-state index in [9.17, 15) is 13.6 Å². The maximum absolute atomic E-state index is 12.0. The maximum Gasteiger partial charge on any atom is 0.319 e. The minimum absolute atomic E-state index is 0.00994. The minimum Gasteiger partial charge on any atom is -0.465 e. The lowest BCUT2D eigenvalue weighted by Crippen LogP contribution is -2.21. The number of ether oxygens (including phenoxy) is 1. The van der Waals surface area contributed by atoms with Gasteiger partial charge in [-0.05, 0) is 31.4 Å². The molecular weight excluding hydrogens is 306 g/mol. The Kier molecular flexibility index (Phi) is 15.3. The van der Waals surface area contributed by atoms with E-state index < -0.39 is 6.43 Å². The molecule has 0 aliphatic rings. The molecule has 1 unspecified atom stereocenters. The van der Waals surface area contributed by atoms with Gasteiger partial charge in [-0.15, -0.1) is 11.8 Å². The monoisotopic (exact) mass is 338 g/mol. The summed E-state index contributed by atoms with van der Waals surface area (Å²) in [6.45, 7) is 4.71. The SMILES string of the molecule is CCCCOC(=O)C(CCCC)SCCCCCCC(F)F. The Hall–Kier alpha value is -0.320. The largest absolute Gasteiger partial charge is 0.465 e. The molecule has 0 aromatic rings. The summed E-state index contributed by atoms with van der Waals surface area (Å²) < 4.78 is 29.3. The van der Waals surface area contributed by atoms with Gasteiger partial charge >= 0.3 is 5.97 Å². The fourth-order valence-corrected chi connectivity index (χ4v) is 3.24. The molecule has 0 rings (SSSR count). The molecule has 22 heavy (non-hydrogen) atoms. The lowest BCUT2D eigenvalue weighted by Gasteiger charge is -2.15. The van der Waals surface area contributed by atoms with Crippen molar-refractivity contribution in [3.63, 3.8) is 0 Å². The van der Waals surface area contributed by atoms with E-state index in [0.29, 0.717) is 13.0 Å². The zero-order valence-corrected chi connectivity index (χ0v) is 14.9. The van der Waals surface area contributed by atoms with Crippen LogP contribution in [-0.2, 0) is 9.53 Å². The molecule has 0 bridgehead atoms. The quantitative estimate of drug-likeness (QED) is 0.277. The highest BCUT2D eigenvalue weighted by Gasteiger charge is 2.19. The number of hydrogen-bond acceptors (Lipinski definition) is 3. The summed E-state index contributed by atoms with van der Waals surface area (Å²) in [4.78, 5) is 12.0. The molecule has 0 aromatic heterocycles. The van der Waals surface area contributed by atoms with Crippen molar-refractivity contribution >= 4 is 17.7 Å². The number of rotatable bonds is 15. The summed E-state index contributed by atoms with van der Waals surface area (Å²) >= 11 is 1.67. The predicted molar refractivity (Wildman–Crippen MR) is 90.7 cm³/mol. The van der Waals surface area contributed by atoms with Gasteiger partial charge in [-0.2, -0.15) is 0 Å². The van der Waals surface area contributed by atoms with Gasteiger partial charge in [-0.25, -0.2) is 8.78 Å². The van der Waals surface area contributed by atoms with Gasteiger partial charge in [0.05, 0.1) is 6.61 Å². The molecule has 0 amide bonds. The van der Waals surface area contributed by atoms with E-state index in [1.165, 1.54) is 0 Å². The summed E-state index contributed by atoms with van der Waals surface area (Å²) in [5.41, 5.74) is 0. The molecular formula is C17H32F2O2S. The van der Waals surface area contributed by atoms with E-state index in [2.05, 4.69) is 13.8 Å². The molecule has 132 valence electrons. The molecule has 0 aromatic carbocycles. The first kappa shape index (κ1) is 21.7. The van der Waals surface area contributed by atoms with Gasteiger partial charge < -0.3 is 4.74 Å². The van der Waals surface area contributed by atoms with Crippen LogP contribution in [0.2, 0.25) is 0 Å². The highest BCUT2D eigenvalue weighted by molar-refractivity contribution is 8.00. The molecule has 5 heteroatoms. The third-order valence-corrected chi connectivity index (χ3v) is 4.82. The molecule has 0 radical (unpaired) electrons. The topological polar surface area (TPSA) is 26.3 Å². The van der Waals surface area contributed by atoms with Gasteiger partial charge in [-0.3, -0.25) is 4.79 Å². The Morgan fingerprint density at radius 1 is 0.955 bits per heavy atom. The van der Waals surface area contributed by atoms with E-state index in [0.717, 1.165) is 57.1 Å². The first-order chi connectivity index (χ1) is 10.6. The second-order valence-corrected chi connectivity index (χ2v) is 6.93. The van der Waals surface area contributed by atoms with Gasteiger partial charge in [0.15, 0.2) is 0 Å². The number of hydrogen-bond donors (Lipinski definition) is 0. The van der Waals surface area contributed by atoms with Crippen molar-refractivity contribution in [1.29, 1.82) is 0 Å². The van der Waals surface area contributed by atoms with Crippen LogP contribution in [0.4, 0.5) is 8.78 Å². The molecule has 0 spiro atoms. The first-order valence-corrected chi connectivity index (χ1v) is 9.73. The fraction of sp³-hybridized carbons (Fsp3) is 0.941. The van der Waals surface area contributed by atoms with Gasteiger partial charge in [0.25, 0.3) is 0 Å². The van der Waals surface area contributed by atoms with Crippen molar-refractivity contribution in [2.45, 2.75) is 89.7 Å². The number of esters is 1. The molecule has 0 aliphatic carbocycles. The van der Waals surface area contributed by atoms with E-state index in [4.69, 9.17) is 4.74 Å². The van der Waals surface area contributed by atoms with Gasteiger partial charge in [0.2, 0.25) is 6.43 Å². The second kappa shape index (κ2) is 15.6. The van der Waals surface area contributed by atoms with Crippen molar-refractivity contribution in [3.05, 3.63) is 0 Å². The fourth-order valence-electron chi connectivity index (χ4n) is 2.05. The van der Waals surface area contributed by atoms with Crippen LogP contribution in [0.15, 0.2) is 0 Å². The minimum atomic E-state index is -2.18. The normalized spacial score (nSPS) is 12.6. The van der Waals surface area contributed by atoms with Crippen LogP contribution in [0, 0.1) is 0 Å². The molecule has 0 heterocycles. The van der Waals surface area contributed by atoms with Crippen molar-refractivity contribution < 1.29 is 18.3 Å². The summed E-state index contributed by atoms with van der Waals surface area (Å²) in [7, 11) is 0. The van der Waals surface area contributed by atoms with Gasteiger partial charge in [0, 0.05) is 6.42 Å². The predicted octanol–water partition coefficient (Wildman–Crippen LogP) is 5.84. The lowest BCUT2D eigenvalue weighted by molar-refractivity contribution is -0.143. The zero-order chi connectivity index (χ0) is 16.6. The van der Waals surface area contributed by atoms with Crippen LogP contribution in [0.5, 0.6) is 0 Å². The van der Waals surface area contributed by atoms with E-state index >= 15 is 0 Å². The highest BCUT2D eigenvalue weighted by atomic mass is 32.2. The molecule has 0 fully saturated rings. The van der Waals surface area contributed by atoms with E-state index in [-0.39, 0.29) is 17.6 Å². The number of carbonyl (C=O) groups is 1. The summed E-state index contributed by atoms with van der Waals surface area (Å²) in [5.74, 6) is 0.830. The van der Waals surface area contributed by atoms with E-state index in [1.54, 1.807) is 11.8 Å². The second-order valence-electron chi connectivity index (χ2n) is 5.62. The van der Waals surface area contributed by atoms with Crippen LogP contribution in [0.1, 0.15) is 78.1 Å². The third kappa shape index (κ3) is 13.4. The Morgan fingerprint density at radius 3 is 2.27 bits per heavy atom. The molecule has 2 nitrogen and oxygen atoms in total. The summed E-state index contributed by atoms with van der Waals surface area (Å²) in [5, 5.41) is -0.0575. The lowest BCUT2D eigenvalue weighted by atomic mass is 10.2. The van der Waals surface area contributed by atoms with Crippen molar-refractivity contribution in [3.8, 4) is 0 Å². The van der Waals surface area contributed by atoms with Gasteiger partial charge in [0.1, 0.15) is 5.25 Å². The maximum atomic E-state index is 12.0. The van der Waals surface area contributed by atoms with Crippen LogP contribution in [-0.4, -0.2) is 30.0 Å². The first-order valence-electron chi connectivity index (χ1n) is 8.68. The molecule has 0 N–H and O–H groups in total. The van der Waals surface area contributed by atoms with E-state index in [1.807, 2.05) is 0 Å². The van der Waals surface area contributed by atoms with Crippen molar-refractivity contribution in [2.24, 2.45) is 0 Å². The Morgan fingerprint density at radius 2 is 1.64 bits per heavy atom. The number of thioether (sulfide) groups is 1. The van der Waals surface area contributed by atoms with Crippen LogP contribution >= 0.6 is 11.8 Å². The highest BCUT2D eigenvalue weighted by Crippen LogP contribution is 2.21. The molecule has 0 saturated carbocycles. The average Bonchev–Trinajstić information content (AvgIpc) is 2.49. The number of halogens is 2. The molecule has 0 saturated heterocycles. The zero-order valence-electron chi connectivity index (χ0n) is 14.1. The molecule has 0 aliphatic heterocycles. The van der Waals surface area contributed by atoms with Crippen LogP contribution in [0.25, 0.3) is 0 Å². The van der Waals surface area contributed by atoms with Crippen LogP contribution in [0.3, 0.4) is 0 Å². The average molecular weight is 339 g/mol. The Labute approximate surface area is 138 Å². The summed E-state index contributed by atoms with van der Waals surface area (Å²) in [6.07, 6.45) is 6.16. The number of alkyl halides is 2. The van der Waals surface area contributed by atoms with Crippen LogP contribution < -0.4 is 0 Å². The van der Waals surface area contributed by atoms with Crippen molar-refractivity contribution in [1.82, 2.24) is 0 Å². The Balaban J connectivity index is 3.81. The summed E-state index contributed by atoms with van der Waals surface area (Å²) in [6, 6.07) is 0. The smallest absolute Gasteiger partial charge is 0.319 e. The third-order valence-electron chi connectivity index (χ3n) is 3.46. The number of carbonyl (C=O) groups excluding carboxylic acids is 1.